The van der Waals surface area contributed by atoms with Crippen molar-refractivity contribution in [1.82, 2.24) is 9.55 Å². The standard InChI is InChI=1S/C23H21N3O3S/c1-3-29-19-12-8-7-11-18(19)25-21(27)14-26-15(2)24-22-17(23(26)28)13-20(30-22)16-9-5-4-6-10-16/h4-13H,3,14H2,1-2H3,(H,25,27). The number of thiophene rings is 1. The number of anilines is 1. The van der Waals surface area contributed by atoms with Crippen LogP contribution in [-0.4, -0.2) is 22.1 Å². The second-order valence-electron chi connectivity index (χ2n) is 6.72. The smallest absolute Gasteiger partial charge is 0.262 e. The lowest BCUT2D eigenvalue weighted by Gasteiger charge is -2.13. The number of carbonyl (C=O) groups excluding carboxylic acids is 1. The van der Waals surface area contributed by atoms with Crippen molar-refractivity contribution in [2.75, 3.05) is 11.9 Å². The van der Waals surface area contributed by atoms with Gasteiger partial charge in [0.05, 0.1) is 17.7 Å². The summed E-state index contributed by atoms with van der Waals surface area (Å²) in [6.45, 7) is 4.00. The number of nitrogens with one attached hydrogen (secondary N) is 1. The molecule has 0 fully saturated rings. The molecule has 0 aliphatic heterocycles. The van der Waals surface area contributed by atoms with Crippen LogP contribution in [0.15, 0.2) is 65.5 Å². The molecule has 2 aromatic carbocycles. The van der Waals surface area contributed by atoms with Gasteiger partial charge in [-0.25, -0.2) is 4.98 Å². The Labute approximate surface area is 177 Å². The highest BCUT2D eigenvalue weighted by molar-refractivity contribution is 7.21. The molecule has 1 amide bonds. The minimum absolute atomic E-state index is 0.120. The quantitative estimate of drug-likeness (QED) is 0.500. The van der Waals surface area contributed by atoms with E-state index in [1.165, 1.54) is 15.9 Å². The van der Waals surface area contributed by atoms with Crippen LogP contribution in [0, 0.1) is 6.92 Å². The monoisotopic (exact) mass is 419 g/mol. The molecule has 0 spiro atoms. The number of carbonyl (C=O) groups is 1. The van der Waals surface area contributed by atoms with Gasteiger partial charge >= 0.3 is 0 Å². The van der Waals surface area contributed by atoms with Gasteiger partial charge in [-0.05, 0) is 37.6 Å². The predicted molar refractivity (Wildman–Crippen MR) is 120 cm³/mol. The van der Waals surface area contributed by atoms with Crippen LogP contribution in [0.2, 0.25) is 0 Å². The molecule has 0 atom stereocenters. The molecule has 2 heterocycles. The van der Waals surface area contributed by atoms with Gasteiger partial charge in [0.2, 0.25) is 5.91 Å². The average molecular weight is 420 g/mol. The third kappa shape index (κ3) is 3.97. The van der Waals surface area contributed by atoms with Crippen molar-refractivity contribution in [3.05, 3.63) is 76.8 Å². The molecule has 0 bridgehead atoms. The number of rotatable bonds is 6. The molecule has 0 saturated carbocycles. The number of para-hydroxylation sites is 2. The fourth-order valence-electron chi connectivity index (χ4n) is 3.23. The minimum atomic E-state index is -0.313. The molecular weight excluding hydrogens is 398 g/mol. The highest BCUT2D eigenvalue weighted by Crippen LogP contribution is 2.31. The molecule has 0 aliphatic carbocycles. The molecule has 7 heteroatoms. The molecule has 4 rings (SSSR count). The predicted octanol–water partition coefficient (Wildman–Crippen LogP) is 4.47. The number of nitrogens with zero attached hydrogens (tertiary/aromatic N) is 2. The Kier molecular flexibility index (Phi) is 5.63. The first kappa shape index (κ1) is 19.8. The maximum absolute atomic E-state index is 13.1. The van der Waals surface area contributed by atoms with Crippen molar-refractivity contribution in [1.29, 1.82) is 0 Å². The maximum atomic E-state index is 13.1. The van der Waals surface area contributed by atoms with Crippen LogP contribution in [0.25, 0.3) is 20.7 Å². The van der Waals surface area contributed by atoms with Crippen molar-refractivity contribution in [2.24, 2.45) is 0 Å². The summed E-state index contributed by atoms with van der Waals surface area (Å²) < 4.78 is 6.95. The molecule has 0 aliphatic rings. The number of hydrogen-bond donors (Lipinski definition) is 1. The molecule has 1 N–H and O–H groups in total. The van der Waals surface area contributed by atoms with E-state index in [4.69, 9.17) is 4.74 Å². The molecule has 0 unspecified atom stereocenters. The van der Waals surface area contributed by atoms with Gasteiger partial charge in [-0.1, -0.05) is 42.5 Å². The lowest BCUT2D eigenvalue weighted by atomic mass is 10.2. The zero-order valence-electron chi connectivity index (χ0n) is 16.7. The van der Waals surface area contributed by atoms with Crippen molar-refractivity contribution < 1.29 is 9.53 Å². The number of hydrogen-bond acceptors (Lipinski definition) is 5. The van der Waals surface area contributed by atoms with E-state index in [0.29, 0.717) is 34.1 Å². The van der Waals surface area contributed by atoms with E-state index in [1.54, 1.807) is 19.1 Å². The molecule has 2 aromatic heterocycles. The number of benzene rings is 2. The van der Waals surface area contributed by atoms with E-state index in [-0.39, 0.29) is 18.0 Å². The van der Waals surface area contributed by atoms with Gasteiger partial charge in [0, 0.05) is 4.88 Å². The topological polar surface area (TPSA) is 73.2 Å². The Bertz CT molecular complexity index is 1260. The Balaban J connectivity index is 1.63. The third-order valence-corrected chi connectivity index (χ3v) is 5.74. The Morgan fingerprint density at radius 1 is 1.13 bits per heavy atom. The van der Waals surface area contributed by atoms with Crippen LogP contribution in [0.4, 0.5) is 5.69 Å². The van der Waals surface area contributed by atoms with E-state index < -0.39 is 0 Å². The lowest BCUT2D eigenvalue weighted by Crippen LogP contribution is -2.30. The SMILES string of the molecule is CCOc1ccccc1NC(=O)Cn1c(C)nc2sc(-c3ccccc3)cc2c1=O. The highest BCUT2D eigenvalue weighted by Gasteiger charge is 2.16. The molecule has 0 saturated heterocycles. The van der Waals surface area contributed by atoms with Crippen molar-refractivity contribution >= 4 is 33.1 Å². The number of fused-ring (bicyclic) bond motifs is 1. The summed E-state index contributed by atoms with van der Waals surface area (Å²) >= 11 is 1.47. The number of amides is 1. The largest absolute Gasteiger partial charge is 0.492 e. The van der Waals surface area contributed by atoms with Crippen LogP contribution in [-0.2, 0) is 11.3 Å². The van der Waals surface area contributed by atoms with Crippen LogP contribution >= 0.6 is 11.3 Å². The summed E-state index contributed by atoms with van der Waals surface area (Å²) in [6, 6.07) is 18.9. The van der Waals surface area contributed by atoms with Gasteiger partial charge in [-0.2, -0.15) is 0 Å². The summed E-state index contributed by atoms with van der Waals surface area (Å²) in [5, 5.41) is 3.35. The molecule has 152 valence electrons. The first-order valence-corrected chi connectivity index (χ1v) is 10.5. The molecular formula is C23H21N3O3S. The van der Waals surface area contributed by atoms with E-state index in [2.05, 4.69) is 10.3 Å². The van der Waals surface area contributed by atoms with Crippen LogP contribution in [0.3, 0.4) is 0 Å². The minimum Gasteiger partial charge on any atom is -0.492 e. The van der Waals surface area contributed by atoms with Gasteiger partial charge in [0.15, 0.2) is 0 Å². The Hall–Kier alpha value is -3.45. The highest BCUT2D eigenvalue weighted by atomic mass is 32.1. The van der Waals surface area contributed by atoms with E-state index in [9.17, 15) is 9.59 Å². The second kappa shape index (κ2) is 8.51. The Morgan fingerprint density at radius 3 is 2.63 bits per heavy atom. The van der Waals surface area contributed by atoms with Gasteiger partial charge in [0.25, 0.3) is 5.56 Å². The van der Waals surface area contributed by atoms with Gasteiger partial charge in [0.1, 0.15) is 22.9 Å². The summed E-state index contributed by atoms with van der Waals surface area (Å²) in [5.74, 6) is 0.783. The van der Waals surface area contributed by atoms with Crippen molar-refractivity contribution in [3.63, 3.8) is 0 Å². The van der Waals surface area contributed by atoms with Crippen LogP contribution in [0.1, 0.15) is 12.7 Å². The zero-order chi connectivity index (χ0) is 21.1. The molecule has 6 nitrogen and oxygen atoms in total. The fourth-order valence-corrected chi connectivity index (χ4v) is 4.31. The summed E-state index contributed by atoms with van der Waals surface area (Å²) in [6.07, 6.45) is 0. The first-order valence-electron chi connectivity index (χ1n) is 9.65. The third-order valence-electron chi connectivity index (χ3n) is 4.66. The van der Waals surface area contributed by atoms with Gasteiger partial charge in [-0.3, -0.25) is 14.2 Å². The van der Waals surface area contributed by atoms with Crippen molar-refractivity contribution in [2.45, 2.75) is 20.4 Å². The number of ether oxygens (including phenoxy) is 1. The maximum Gasteiger partial charge on any atom is 0.262 e. The molecule has 4 aromatic rings. The van der Waals surface area contributed by atoms with Crippen LogP contribution in [0.5, 0.6) is 5.75 Å². The number of aryl methyl sites for hydroxylation is 1. The van der Waals surface area contributed by atoms with Crippen LogP contribution < -0.4 is 15.6 Å². The molecule has 0 radical (unpaired) electrons. The van der Waals surface area contributed by atoms with E-state index >= 15 is 0 Å². The van der Waals surface area contributed by atoms with E-state index in [0.717, 1.165) is 10.4 Å². The van der Waals surface area contributed by atoms with Gasteiger partial charge < -0.3 is 10.1 Å². The zero-order valence-corrected chi connectivity index (χ0v) is 17.5. The molecule has 30 heavy (non-hydrogen) atoms. The summed E-state index contributed by atoms with van der Waals surface area (Å²) in [4.78, 5) is 31.9. The summed E-state index contributed by atoms with van der Waals surface area (Å²) in [5.41, 5.74) is 1.39. The van der Waals surface area contributed by atoms with E-state index in [1.807, 2.05) is 55.5 Å². The fraction of sp³-hybridized carbons (Fsp3) is 0.174. The number of aromatic nitrogens is 2. The average Bonchev–Trinajstić information content (AvgIpc) is 3.17. The normalized spacial score (nSPS) is 10.9. The lowest BCUT2D eigenvalue weighted by molar-refractivity contribution is -0.116. The van der Waals surface area contributed by atoms with Crippen molar-refractivity contribution in [3.8, 4) is 16.2 Å². The van der Waals surface area contributed by atoms with Gasteiger partial charge in [-0.15, -0.1) is 11.3 Å². The Morgan fingerprint density at radius 2 is 1.87 bits per heavy atom. The summed E-state index contributed by atoms with van der Waals surface area (Å²) in [7, 11) is 0. The second-order valence-corrected chi connectivity index (χ2v) is 7.75. The first-order chi connectivity index (χ1) is 14.6.